The quantitative estimate of drug-likeness (QED) is 0.0140. The van der Waals surface area contributed by atoms with E-state index in [4.69, 9.17) is 46.3 Å². The first kappa shape index (κ1) is 60.8. The highest BCUT2D eigenvalue weighted by Crippen LogP contribution is 2.49. The maximum atomic E-state index is 12.7. The number of hydrogen-bond acceptors (Lipinski definition) is 11. The second kappa shape index (κ2) is 32.4. The number of unbranched alkanes of at least 4 members (excludes halogenated alkanes) is 4. The molecule has 0 saturated heterocycles. The van der Waals surface area contributed by atoms with Crippen LogP contribution < -0.4 is 15.5 Å². The molecule has 2 aliphatic heterocycles. The number of carbonyl (C=O) groups is 2. The van der Waals surface area contributed by atoms with E-state index in [1.165, 1.54) is 33.9 Å². The Hall–Kier alpha value is -6.46. The zero-order valence-corrected chi connectivity index (χ0v) is 46.7. The first-order chi connectivity index (χ1) is 38.0. The molecule has 418 valence electrons. The fourth-order valence-corrected chi connectivity index (χ4v) is 10.4. The van der Waals surface area contributed by atoms with E-state index in [2.05, 4.69) is 170 Å². The van der Waals surface area contributed by atoms with Crippen molar-refractivity contribution in [2.45, 2.75) is 89.9 Å². The summed E-state index contributed by atoms with van der Waals surface area (Å²) in [5, 5.41) is 13.0. The summed E-state index contributed by atoms with van der Waals surface area (Å²) >= 11 is 7.51. The number of nitrogens with one attached hydrogen (secondary N) is 2. The molecule has 0 aromatic heterocycles. The number of carbonyl (C=O) groups excluding carboxylic acids is 2. The summed E-state index contributed by atoms with van der Waals surface area (Å²) in [6.07, 6.45) is 15.1. The van der Waals surface area contributed by atoms with E-state index < -0.39 is 0 Å². The summed E-state index contributed by atoms with van der Waals surface area (Å²) in [4.78, 5) is 37.5. The number of para-hydroxylation sites is 2. The first-order valence-corrected chi connectivity index (χ1v) is 27.7. The van der Waals surface area contributed by atoms with Gasteiger partial charge in [-0.05, 0) is 85.5 Å². The van der Waals surface area contributed by atoms with Gasteiger partial charge >= 0.3 is 0 Å². The van der Waals surface area contributed by atoms with Crippen molar-refractivity contribution in [3.63, 3.8) is 0 Å². The van der Waals surface area contributed by atoms with Gasteiger partial charge < -0.3 is 44.1 Å². The van der Waals surface area contributed by atoms with Crippen LogP contribution in [0.2, 0.25) is 0 Å². The van der Waals surface area contributed by atoms with Gasteiger partial charge in [0.25, 0.3) is 0 Å². The second-order valence-corrected chi connectivity index (χ2v) is 20.4. The lowest BCUT2D eigenvalue weighted by molar-refractivity contribution is -0.438. The van der Waals surface area contributed by atoms with Crippen LogP contribution in [0, 0.1) is 0 Å². The number of benzene rings is 3. The Morgan fingerprint density at radius 3 is 1.88 bits per heavy atom. The van der Waals surface area contributed by atoms with Gasteiger partial charge in [-0.15, -0.1) is 0 Å². The zero-order chi connectivity index (χ0) is 55.4. The molecule has 0 bridgehead atoms. The number of nitrogens with zero attached hydrogens (tertiary/aromatic N) is 8. The van der Waals surface area contributed by atoms with Crippen LogP contribution in [0.15, 0.2) is 118 Å². The predicted molar refractivity (Wildman–Crippen MR) is 307 cm³/mol. The van der Waals surface area contributed by atoms with Crippen LogP contribution in [0.3, 0.4) is 0 Å². The largest absolute Gasteiger partial charge is 0.431 e. The standard InChI is InChI=1S/C59H77ClN10O8/c1-58(2)49-19-11-13-21-51(49)69(32-15-5-7-23-55(71)63-29-34-73-37-40-76-41-39-75-36-31-65-66-61)53(58)27-25-47-45-17-9-10-18-46(45)48(57(47)60)26-28-54-59(3,4)50-20-12-14-22-52(50)70(54)33-16-6-8-24-56(72)64-30-35-74-38-42-77-43-44-78-68-67-62/h9-14,17-22,25-28H,5-8,15-16,23-24,29-44H2,1-4H3,(H-,63,64,71,72)/p+1. The van der Waals surface area contributed by atoms with Crippen molar-refractivity contribution in [3.8, 4) is 0 Å². The Morgan fingerprint density at radius 1 is 0.641 bits per heavy atom. The number of allylic oxidation sites excluding steroid dienone is 8. The summed E-state index contributed by atoms with van der Waals surface area (Å²) < 4.78 is 29.7. The smallest absolute Gasteiger partial charge is 0.220 e. The summed E-state index contributed by atoms with van der Waals surface area (Å²) in [6.45, 7) is 16.1. The molecule has 19 heteroatoms. The fourth-order valence-electron chi connectivity index (χ4n) is 10.1. The topological polar surface area (TPSA) is 217 Å². The molecule has 0 unspecified atom stereocenters. The first-order valence-electron chi connectivity index (χ1n) is 27.3. The molecule has 2 N–H and O–H groups in total. The Kier molecular flexibility index (Phi) is 25.3. The molecule has 0 spiro atoms. The molecule has 0 fully saturated rings. The van der Waals surface area contributed by atoms with Crippen LogP contribution in [0.25, 0.3) is 32.0 Å². The monoisotopic (exact) mass is 1090 g/mol. The molecule has 2 amide bonds. The summed E-state index contributed by atoms with van der Waals surface area (Å²) in [7, 11) is 0. The van der Waals surface area contributed by atoms with Gasteiger partial charge in [-0.1, -0.05) is 104 Å². The molecule has 78 heavy (non-hydrogen) atoms. The molecule has 3 aromatic carbocycles. The third-order valence-electron chi connectivity index (χ3n) is 14.0. The molecule has 0 atom stereocenters. The Bertz CT molecular complexity index is 2720. The normalized spacial score (nSPS) is 15.9. The molecule has 0 saturated carbocycles. The summed E-state index contributed by atoms with van der Waals surface area (Å²) in [6, 6.07) is 25.8. The van der Waals surface area contributed by atoms with Gasteiger partial charge in [0.05, 0.1) is 76.5 Å². The van der Waals surface area contributed by atoms with Gasteiger partial charge in [-0.25, -0.2) is 0 Å². The minimum Gasteiger partial charge on any atom is -0.431 e. The third kappa shape index (κ3) is 17.5. The van der Waals surface area contributed by atoms with Crippen LogP contribution in [0.5, 0.6) is 0 Å². The second-order valence-electron chi connectivity index (χ2n) is 20.1. The van der Waals surface area contributed by atoms with E-state index in [0.717, 1.165) is 73.9 Å². The number of rotatable bonds is 37. The van der Waals surface area contributed by atoms with Gasteiger partial charge in [-0.3, -0.25) is 9.59 Å². The molecular weight excluding hydrogens is 1010 g/mol. The highest BCUT2D eigenvalue weighted by Gasteiger charge is 2.44. The lowest BCUT2D eigenvalue weighted by atomic mass is 9.81. The highest BCUT2D eigenvalue weighted by molar-refractivity contribution is 6.42. The van der Waals surface area contributed by atoms with Crippen LogP contribution >= 0.6 is 11.6 Å². The van der Waals surface area contributed by atoms with Gasteiger partial charge in [0.15, 0.2) is 5.71 Å². The van der Waals surface area contributed by atoms with Gasteiger partial charge in [0.2, 0.25) is 17.5 Å². The maximum Gasteiger partial charge on any atom is 0.220 e. The number of anilines is 1. The lowest BCUT2D eigenvalue weighted by Crippen LogP contribution is -2.28. The Balaban J connectivity index is 1.03. The minimum atomic E-state index is -0.252. The number of hydrogen-bond donors (Lipinski definition) is 2. The maximum absolute atomic E-state index is 12.7. The van der Waals surface area contributed by atoms with E-state index in [9.17, 15) is 9.59 Å². The van der Waals surface area contributed by atoms with Crippen molar-refractivity contribution in [1.29, 1.82) is 0 Å². The number of ether oxygens (including phenoxy) is 5. The lowest BCUT2D eigenvalue weighted by Gasteiger charge is -2.27. The van der Waals surface area contributed by atoms with Crippen molar-refractivity contribution in [1.82, 2.24) is 10.6 Å². The molecule has 1 aliphatic carbocycles. The van der Waals surface area contributed by atoms with E-state index in [0.29, 0.717) is 104 Å². The van der Waals surface area contributed by atoms with E-state index in [1.807, 2.05) is 0 Å². The average molecular weight is 1090 g/mol. The van der Waals surface area contributed by atoms with Crippen molar-refractivity contribution in [2.75, 3.05) is 110 Å². The Morgan fingerprint density at radius 2 is 1.22 bits per heavy atom. The number of halogens is 1. The zero-order valence-electron chi connectivity index (χ0n) is 45.9. The van der Waals surface area contributed by atoms with E-state index in [1.54, 1.807) is 0 Å². The SMILES string of the molecule is CC1(C)C(=CC=C2C(Cl)=C(C=CC3=[N+](CCCCCC(=O)NCCOCCOCCON=[N+]=[N-])c4ccccc4C3(C)C)c3ccccc32)N(CCCCCC(=O)NCCOCCOCCOCCN=[N+]=[N-])c2ccccc21. The average Bonchev–Trinajstić information content (AvgIpc) is 4.11. The van der Waals surface area contributed by atoms with Crippen LogP contribution in [0.4, 0.5) is 11.4 Å². The van der Waals surface area contributed by atoms with E-state index in [-0.39, 0.29) is 29.3 Å². The molecule has 18 nitrogen and oxygen atoms in total. The molecule has 6 rings (SSSR count). The third-order valence-corrected chi connectivity index (χ3v) is 14.4. The van der Waals surface area contributed by atoms with Crippen molar-refractivity contribution in [2.24, 2.45) is 10.4 Å². The molecule has 0 radical (unpaired) electrons. The summed E-state index contributed by atoms with van der Waals surface area (Å²) in [5.41, 5.74) is 27.6. The van der Waals surface area contributed by atoms with Crippen LogP contribution in [-0.2, 0) is 48.9 Å². The van der Waals surface area contributed by atoms with Gasteiger partial charge in [0, 0.05) is 101 Å². The van der Waals surface area contributed by atoms with Crippen LogP contribution in [0.1, 0.15) is 101 Å². The van der Waals surface area contributed by atoms with Crippen molar-refractivity contribution in [3.05, 3.63) is 151 Å². The fraction of sp³-hybridized carbons (Fsp3) is 0.508. The molecular formula is C59H78ClN10O8+. The number of azide groups is 2. The van der Waals surface area contributed by atoms with Gasteiger partial charge in [-0.2, -0.15) is 4.58 Å². The Labute approximate surface area is 464 Å². The predicted octanol–water partition coefficient (Wildman–Crippen LogP) is 11.3. The van der Waals surface area contributed by atoms with Crippen molar-refractivity contribution < 1.29 is 42.7 Å². The van der Waals surface area contributed by atoms with Crippen LogP contribution in [-0.4, -0.2) is 128 Å². The highest BCUT2D eigenvalue weighted by atomic mass is 35.5. The molecule has 3 aliphatic rings. The van der Waals surface area contributed by atoms with Gasteiger partial charge in [0.1, 0.15) is 18.4 Å². The molecule has 2 heterocycles. The summed E-state index contributed by atoms with van der Waals surface area (Å²) in [5.74, 6) is 0.0385. The number of fused-ring (bicyclic) bond motifs is 3. The van der Waals surface area contributed by atoms with E-state index >= 15 is 0 Å². The molecule has 3 aromatic rings. The minimum absolute atomic E-state index is 0.0138. The van der Waals surface area contributed by atoms with Crippen molar-refractivity contribution >= 4 is 51.6 Å². The number of amides is 2.